The molecule has 1 N–H and O–H groups in total. The molecule has 1 atom stereocenters. The van der Waals surface area contributed by atoms with Crippen molar-refractivity contribution in [1.29, 1.82) is 5.26 Å². The van der Waals surface area contributed by atoms with E-state index in [1.807, 2.05) is 6.19 Å². The van der Waals surface area contributed by atoms with Crippen LogP contribution in [-0.2, 0) is 10.0 Å². The minimum Gasteiger partial charge on any atom is -0.309 e. The van der Waals surface area contributed by atoms with Crippen LogP contribution < -0.4 is 4.72 Å². The SMILES string of the molecule is N#CN1CC[C@@H](NS(=O)(=O)c2c(F)cccc2F)C1. The Morgan fingerprint density at radius 3 is 2.53 bits per heavy atom. The maximum Gasteiger partial charge on any atom is 0.246 e. The smallest absolute Gasteiger partial charge is 0.246 e. The molecule has 19 heavy (non-hydrogen) atoms. The normalized spacial score (nSPS) is 19.4. The lowest BCUT2D eigenvalue weighted by atomic mass is 10.3. The Balaban J connectivity index is 2.23. The van der Waals surface area contributed by atoms with E-state index in [0.717, 1.165) is 18.2 Å². The fourth-order valence-corrected chi connectivity index (χ4v) is 3.36. The molecule has 0 aromatic heterocycles. The molecule has 0 bridgehead atoms. The van der Waals surface area contributed by atoms with Gasteiger partial charge in [0, 0.05) is 19.1 Å². The Hall–Kier alpha value is -1.72. The van der Waals surface area contributed by atoms with Gasteiger partial charge in [-0.15, -0.1) is 0 Å². The summed E-state index contributed by atoms with van der Waals surface area (Å²) in [7, 11) is -4.27. The van der Waals surface area contributed by atoms with E-state index in [1.54, 1.807) is 0 Å². The Morgan fingerprint density at radius 1 is 1.37 bits per heavy atom. The number of nitrogens with one attached hydrogen (secondary N) is 1. The predicted octanol–water partition coefficient (Wildman–Crippen LogP) is 0.798. The van der Waals surface area contributed by atoms with Crippen LogP contribution in [0.5, 0.6) is 0 Å². The molecule has 2 rings (SSSR count). The maximum atomic E-state index is 13.4. The summed E-state index contributed by atoms with van der Waals surface area (Å²) in [6, 6.07) is 2.34. The fourth-order valence-electron chi connectivity index (χ4n) is 1.96. The van der Waals surface area contributed by atoms with Crippen molar-refractivity contribution in [3.63, 3.8) is 0 Å². The van der Waals surface area contributed by atoms with Crippen LogP contribution >= 0.6 is 0 Å². The van der Waals surface area contributed by atoms with E-state index in [1.165, 1.54) is 4.90 Å². The second-order valence-electron chi connectivity index (χ2n) is 4.20. The van der Waals surface area contributed by atoms with E-state index in [-0.39, 0.29) is 6.54 Å². The highest BCUT2D eigenvalue weighted by Crippen LogP contribution is 2.19. The average molecular weight is 287 g/mol. The maximum absolute atomic E-state index is 13.4. The van der Waals surface area contributed by atoms with Crippen molar-refractivity contribution in [2.45, 2.75) is 17.4 Å². The number of likely N-dealkylation sites (tertiary alicyclic amines) is 1. The standard InChI is InChI=1S/C11H11F2N3O2S/c12-9-2-1-3-10(13)11(9)19(17,18)15-8-4-5-16(6-8)7-14/h1-3,8,15H,4-6H2/t8-/m1/s1. The summed E-state index contributed by atoms with van der Waals surface area (Å²) in [5.41, 5.74) is 0. The first-order valence-corrected chi connectivity index (χ1v) is 7.03. The lowest BCUT2D eigenvalue weighted by Gasteiger charge is -2.13. The van der Waals surface area contributed by atoms with Crippen LogP contribution in [0, 0.1) is 23.1 Å². The van der Waals surface area contributed by atoms with E-state index < -0.39 is 32.6 Å². The minimum atomic E-state index is -4.27. The number of hydrogen-bond donors (Lipinski definition) is 1. The zero-order valence-corrected chi connectivity index (χ0v) is 10.6. The first-order valence-electron chi connectivity index (χ1n) is 5.55. The van der Waals surface area contributed by atoms with Crippen LogP contribution in [0.2, 0.25) is 0 Å². The number of rotatable bonds is 3. The van der Waals surface area contributed by atoms with Gasteiger partial charge in [-0.1, -0.05) is 6.07 Å². The summed E-state index contributed by atoms with van der Waals surface area (Å²) < 4.78 is 53.0. The Kier molecular flexibility index (Phi) is 3.68. The molecule has 1 saturated heterocycles. The topological polar surface area (TPSA) is 73.2 Å². The molecule has 0 amide bonds. The Bertz CT molecular complexity index is 607. The second-order valence-corrected chi connectivity index (χ2v) is 5.85. The molecule has 102 valence electrons. The lowest BCUT2D eigenvalue weighted by molar-refractivity contribution is 0.467. The number of halogens is 2. The van der Waals surface area contributed by atoms with Gasteiger partial charge in [0.15, 0.2) is 11.1 Å². The van der Waals surface area contributed by atoms with E-state index >= 15 is 0 Å². The van der Waals surface area contributed by atoms with Crippen LogP contribution in [0.3, 0.4) is 0 Å². The van der Waals surface area contributed by atoms with E-state index in [4.69, 9.17) is 5.26 Å². The van der Waals surface area contributed by atoms with Gasteiger partial charge in [0.25, 0.3) is 0 Å². The molecule has 5 nitrogen and oxygen atoms in total. The van der Waals surface area contributed by atoms with Gasteiger partial charge in [0.1, 0.15) is 11.6 Å². The third-order valence-corrected chi connectivity index (χ3v) is 4.41. The lowest BCUT2D eigenvalue weighted by Crippen LogP contribution is -2.37. The molecular formula is C11H11F2N3O2S. The molecule has 0 unspecified atom stereocenters. The van der Waals surface area contributed by atoms with Gasteiger partial charge in [0.2, 0.25) is 10.0 Å². The van der Waals surface area contributed by atoms with Crippen molar-refractivity contribution in [3.8, 4) is 6.19 Å². The molecule has 0 spiro atoms. The summed E-state index contributed by atoms with van der Waals surface area (Å²) in [4.78, 5) is 0.399. The number of hydrogen-bond acceptors (Lipinski definition) is 4. The molecule has 0 aliphatic carbocycles. The van der Waals surface area contributed by atoms with Crippen LogP contribution in [-0.4, -0.2) is 32.4 Å². The van der Waals surface area contributed by atoms with Gasteiger partial charge < -0.3 is 4.90 Å². The Morgan fingerprint density at radius 2 is 2.00 bits per heavy atom. The second kappa shape index (κ2) is 5.11. The molecule has 0 saturated carbocycles. The molecule has 1 aliphatic heterocycles. The summed E-state index contributed by atoms with van der Waals surface area (Å²) in [5.74, 6) is -2.27. The van der Waals surface area contributed by atoms with Gasteiger partial charge in [-0.2, -0.15) is 5.26 Å². The van der Waals surface area contributed by atoms with Crippen molar-refractivity contribution in [3.05, 3.63) is 29.8 Å². The molecule has 1 aromatic rings. The van der Waals surface area contributed by atoms with E-state index in [0.29, 0.717) is 13.0 Å². The zero-order chi connectivity index (χ0) is 14.0. The van der Waals surface area contributed by atoms with Gasteiger partial charge in [-0.25, -0.2) is 21.9 Å². The molecule has 1 fully saturated rings. The highest BCUT2D eigenvalue weighted by molar-refractivity contribution is 7.89. The molecule has 1 heterocycles. The molecular weight excluding hydrogens is 276 g/mol. The first-order chi connectivity index (χ1) is 8.94. The summed E-state index contributed by atoms with van der Waals surface area (Å²) in [5, 5.41) is 8.67. The number of nitrogens with zero attached hydrogens (tertiary/aromatic N) is 2. The van der Waals surface area contributed by atoms with Crippen molar-refractivity contribution in [1.82, 2.24) is 9.62 Å². The first kappa shape index (κ1) is 13.7. The van der Waals surface area contributed by atoms with Gasteiger partial charge in [0.05, 0.1) is 0 Å². The fraction of sp³-hybridized carbons (Fsp3) is 0.364. The monoisotopic (exact) mass is 287 g/mol. The number of benzene rings is 1. The van der Waals surface area contributed by atoms with Crippen LogP contribution in [0.4, 0.5) is 8.78 Å². The van der Waals surface area contributed by atoms with Gasteiger partial charge in [-0.3, -0.25) is 0 Å². The van der Waals surface area contributed by atoms with E-state index in [9.17, 15) is 17.2 Å². The van der Waals surface area contributed by atoms with Crippen molar-refractivity contribution < 1.29 is 17.2 Å². The Labute approximate surface area is 109 Å². The number of sulfonamides is 1. The van der Waals surface area contributed by atoms with Crippen molar-refractivity contribution in [2.24, 2.45) is 0 Å². The third-order valence-electron chi connectivity index (χ3n) is 2.84. The van der Waals surface area contributed by atoms with Gasteiger partial charge >= 0.3 is 0 Å². The molecule has 1 aromatic carbocycles. The predicted molar refractivity (Wildman–Crippen MR) is 62.3 cm³/mol. The van der Waals surface area contributed by atoms with Crippen LogP contribution in [0.1, 0.15) is 6.42 Å². The highest BCUT2D eigenvalue weighted by atomic mass is 32.2. The van der Waals surface area contributed by atoms with E-state index in [2.05, 4.69) is 4.72 Å². The molecule has 8 heteroatoms. The zero-order valence-electron chi connectivity index (χ0n) is 9.81. The quantitative estimate of drug-likeness (QED) is 0.835. The van der Waals surface area contributed by atoms with Crippen LogP contribution in [0.15, 0.2) is 23.1 Å². The van der Waals surface area contributed by atoms with Crippen molar-refractivity contribution >= 4 is 10.0 Å². The summed E-state index contributed by atoms with van der Waals surface area (Å²) >= 11 is 0. The third kappa shape index (κ3) is 2.83. The minimum absolute atomic E-state index is 0.200. The van der Waals surface area contributed by atoms with Crippen LogP contribution in [0.25, 0.3) is 0 Å². The van der Waals surface area contributed by atoms with Gasteiger partial charge in [-0.05, 0) is 18.6 Å². The average Bonchev–Trinajstić information content (AvgIpc) is 2.75. The molecule has 0 radical (unpaired) electrons. The highest BCUT2D eigenvalue weighted by Gasteiger charge is 2.30. The van der Waals surface area contributed by atoms with Crippen molar-refractivity contribution in [2.75, 3.05) is 13.1 Å². The summed E-state index contributed by atoms with van der Waals surface area (Å²) in [6.45, 7) is 0.620. The summed E-state index contributed by atoms with van der Waals surface area (Å²) in [6.07, 6.45) is 2.31. The number of nitriles is 1. The molecule has 1 aliphatic rings. The largest absolute Gasteiger partial charge is 0.309 e.